The fraction of sp³-hybridized carbons (Fsp3) is 0.263. The van der Waals surface area contributed by atoms with Crippen molar-refractivity contribution in [2.75, 3.05) is 6.54 Å². The van der Waals surface area contributed by atoms with Crippen molar-refractivity contribution in [1.29, 1.82) is 0 Å². The lowest BCUT2D eigenvalue weighted by atomic mass is 10.2. The van der Waals surface area contributed by atoms with Crippen molar-refractivity contribution < 1.29 is 0 Å². The van der Waals surface area contributed by atoms with Gasteiger partial charge in [0, 0.05) is 32.4 Å². The summed E-state index contributed by atoms with van der Waals surface area (Å²) in [6.07, 6.45) is 2.95. The largest absolute Gasteiger partial charge is 0.293 e. The van der Waals surface area contributed by atoms with Crippen LogP contribution in [0.15, 0.2) is 60.8 Å². The summed E-state index contributed by atoms with van der Waals surface area (Å²) in [6, 6.07) is 18.8. The van der Waals surface area contributed by atoms with Crippen molar-refractivity contribution in [2.24, 2.45) is 0 Å². The van der Waals surface area contributed by atoms with Gasteiger partial charge in [-0.05, 0) is 30.2 Å². The summed E-state index contributed by atoms with van der Waals surface area (Å²) in [4.78, 5) is 6.91. The first-order valence-electron chi connectivity index (χ1n) is 8.13. The van der Waals surface area contributed by atoms with Crippen LogP contribution >= 0.6 is 0 Å². The molecule has 23 heavy (non-hydrogen) atoms. The highest BCUT2D eigenvalue weighted by Gasteiger charge is 2.17. The maximum absolute atomic E-state index is 4.75. The minimum absolute atomic E-state index is 0.939. The molecule has 3 aromatic rings. The van der Waals surface area contributed by atoms with Crippen LogP contribution in [0.3, 0.4) is 0 Å². The van der Waals surface area contributed by atoms with Gasteiger partial charge in [0.15, 0.2) is 0 Å². The lowest BCUT2D eigenvalue weighted by molar-refractivity contribution is 0.261. The summed E-state index contributed by atoms with van der Waals surface area (Å²) in [7, 11) is 0. The van der Waals surface area contributed by atoms with Gasteiger partial charge in [0.1, 0.15) is 5.69 Å². The molecule has 0 saturated heterocycles. The number of nitrogens with zero attached hydrogens (tertiary/aromatic N) is 4. The molecule has 4 heteroatoms. The van der Waals surface area contributed by atoms with Crippen LogP contribution < -0.4 is 0 Å². The number of benzene rings is 1. The van der Waals surface area contributed by atoms with Crippen molar-refractivity contribution >= 4 is 0 Å². The molecule has 1 aliphatic heterocycles. The van der Waals surface area contributed by atoms with E-state index < -0.39 is 0 Å². The number of aromatic nitrogens is 3. The Hall–Kier alpha value is -2.46. The van der Waals surface area contributed by atoms with Crippen molar-refractivity contribution in [2.45, 2.75) is 26.1 Å². The number of aryl methyl sites for hydroxylation is 1. The fourth-order valence-corrected chi connectivity index (χ4v) is 3.14. The summed E-state index contributed by atoms with van der Waals surface area (Å²) < 4.78 is 2.15. The smallest absolute Gasteiger partial charge is 0.111 e. The van der Waals surface area contributed by atoms with Crippen LogP contribution in [0.1, 0.15) is 17.7 Å². The number of hydrogen-bond donors (Lipinski definition) is 0. The van der Waals surface area contributed by atoms with E-state index in [0.29, 0.717) is 0 Å². The molecule has 0 fully saturated rings. The van der Waals surface area contributed by atoms with Crippen molar-refractivity contribution in [3.63, 3.8) is 0 Å². The van der Waals surface area contributed by atoms with E-state index >= 15 is 0 Å². The van der Waals surface area contributed by atoms with E-state index in [1.165, 1.54) is 11.3 Å². The van der Waals surface area contributed by atoms with E-state index in [1.54, 1.807) is 0 Å². The van der Waals surface area contributed by atoms with Crippen LogP contribution in [0.25, 0.3) is 11.4 Å². The van der Waals surface area contributed by atoms with Gasteiger partial charge in [-0.3, -0.25) is 14.6 Å². The first-order valence-corrected chi connectivity index (χ1v) is 8.13. The van der Waals surface area contributed by atoms with Gasteiger partial charge in [-0.25, -0.2) is 0 Å². The Bertz CT molecular complexity index is 765. The molecule has 116 valence electrons. The van der Waals surface area contributed by atoms with Gasteiger partial charge in [0.25, 0.3) is 0 Å². The van der Waals surface area contributed by atoms with Crippen molar-refractivity contribution in [3.8, 4) is 11.4 Å². The van der Waals surface area contributed by atoms with Gasteiger partial charge in [-0.15, -0.1) is 0 Å². The molecule has 0 amide bonds. The van der Waals surface area contributed by atoms with Gasteiger partial charge in [0.05, 0.1) is 11.4 Å². The third kappa shape index (κ3) is 3.17. The van der Waals surface area contributed by atoms with Crippen LogP contribution in [0.4, 0.5) is 0 Å². The number of hydrogen-bond acceptors (Lipinski definition) is 3. The third-order valence-corrected chi connectivity index (χ3v) is 4.27. The van der Waals surface area contributed by atoms with Crippen molar-refractivity contribution in [3.05, 3.63) is 72.1 Å². The highest BCUT2D eigenvalue weighted by molar-refractivity contribution is 5.54. The predicted molar refractivity (Wildman–Crippen MR) is 90.6 cm³/mol. The second-order valence-electron chi connectivity index (χ2n) is 6.01. The zero-order valence-electron chi connectivity index (χ0n) is 13.1. The van der Waals surface area contributed by atoms with E-state index in [1.807, 2.05) is 24.4 Å². The zero-order valence-corrected chi connectivity index (χ0v) is 13.1. The van der Waals surface area contributed by atoms with Crippen LogP contribution in [-0.4, -0.2) is 26.2 Å². The Morgan fingerprint density at radius 3 is 2.61 bits per heavy atom. The van der Waals surface area contributed by atoms with Gasteiger partial charge < -0.3 is 0 Å². The SMILES string of the molecule is c1ccc(CN2CCCn3nc(-c4ccccn4)cc3C2)cc1. The highest BCUT2D eigenvalue weighted by atomic mass is 15.3. The molecule has 0 radical (unpaired) electrons. The maximum Gasteiger partial charge on any atom is 0.111 e. The standard InChI is InChI=1S/C19H20N4/c1-2-7-16(8-3-1)14-22-11-6-12-23-17(15-22)13-19(21-23)18-9-4-5-10-20-18/h1-5,7-10,13H,6,11-12,14-15H2. The van der Waals surface area contributed by atoms with Crippen LogP contribution in [0.5, 0.6) is 0 Å². The average Bonchev–Trinajstić information content (AvgIpc) is 2.90. The summed E-state index contributed by atoms with van der Waals surface area (Å²) in [6.45, 7) is 4.02. The third-order valence-electron chi connectivity index (χ3n) is 4.27. The summed E-state index contributed by atoms with van der Waals surface area (Å²) >= 11 is 0. The Morgan fingerprint density at radius 1 is 0.913 bits per heavy atom. The predicted octanol–water partition coefficient (Wildman–Crippen LogP) is 3.35. The molecule has 0 unspecified atom stereocenters. The average molecular weight is 304 g/mol. The molecule has 4 rings (SSSR count). The molecule has 0 N–H and O–H groups in total. The molecule has 1 aromatic carbocycles. The first kappa shape index (κ1) is 14.2. The zero-order chi connectivity index (χ0) is 15.5. The molecule has 1 aliphatic rings. The van der Waals surface area contributed by atoms with E-state index in [-0.39, 0.29) is 0 Å². The molecular weight excluding hydrogens is 284 g/mol. The lowest BCUT2D eigenvalue weighted by Crippen LogP contribution is -2.22. The number of rotatable bonds is 3. The molecule has 0 spiro atoms. The van der Waals surface area contributed by atoms with Gasteiger partial charge in [-0.2, -0.15) is 5.10 Å². The summed E-state index contributed by atoms with van der Waals surface area (Å²) in [5, 5.41) is 4.75. The van der Waals surface area contributed by atoms with Crippen molar-refractivity contribution in [1.82, 2.24) is 19.7 Å². The maximum atomic E-state index is 4.75. The first-order chi connectivity index (χ1) is 11.4. The Morgan fingerprint density at radius 2 is 1.78 bits per heavy atom. The van der Waals surface area contributed by atoms with E-state index in [9.17, 15) is 0 Å². The Balaban J connectivity index is 1.56. The molecule has 0 aliphatic carbocycles. The van der Waals surface area contributed by atoms with Gasteiger partial charge in [0.2, 0.25) is 0 Å². The molecule has 0 atom stereocenters. The monoisotopic (exact) mass is 304 g/mol. The molecular formula is C19H20N4. The highest BCUT2D eigenvalue weighted by Crippen LogP contribution is 2.21. The summed E-state index contributed by atoms with van der Waals surface area (Å²) in [5.41, 5.74) is 4.56. The second kappa shape index (κ2) is 6.34. The minimum atomic E-state index is 0.939. The lowest BCUT2D eigenvalue weighted by Gasteiger charge is -2.19. The molecule has 0 saturated carbocycles. The normalized spacial score (nSPS) is 15.1. The summed E-state index contributed by atoms with van der Waals surface area (Å²) in [5.74, 6) is 0. The van der Waals surface area contributed by atoms with Crippen LogP contribution in [-0.2, 0) is 19.6 Å². The minimum Gasteiger partial charge on any atom is -0.293 e. The number of fused-ring (bicyclic) bond motifs is 1. The van der Waals surface area contributed by atoms with E-state index in [2.05, 4.69) is 51.0 Å². The topological polar surface area (TPSA) is 34.0 Å². The Labute approximate surface area is 136 Å². The van der Waals surface area contributed by atoms with Gasteiger partial charge >= 0.3 is 0 Å². The van der Waals surface area contributed by atoms with Crippen LogP contribution in [0, 0.1) is 0 Å². The van der Waals surface area contributed by atoms with E-state index in [0.717, 1.165) is 44.0 Å². The number of pyridine rings is 1. The van der Waals surface area contributed by atoms with Gasteiger partial charge in [-0.1, -0.05) is 36.4 Å². The molecule has 3 heterocycles. The van der Waals surface area contributed by atoms with E-state index in [4.69, 9.17) is 5.10 Å². The fourth-order valence-electron chi connectivity index (χ4n) is 3.14. The Kier molecular flexibility index (Phi) is 3.90. The molecule has 0 bridgehead atoms. The quantitative estimate of drug-likeness (QED) is 0.744. The molecule has 4 nitrogen and oxygen atoms in total. The van der Waals surface area contributed by atoms with Crippen LogP contribution in [0.2, 0.25) is 0 Å². The molecule has 2 aromatic heterocycles. The second-order valence-corrected chi connectivity index (χ2v) is 6.01.